The number of nitrogens with one attached hydrogen (secondary N) is 1. The topological polar surface area (TPSA) is 21.3 Å². The van der Waals surface area contributed by atoms with Crippen LogP contribution >= 0.6 is 15.9 Å². The molecular formula is C16H24BrNO. The molecule has 0 bridgehead atoms. The molecule has 1 aliphatic heterocycles. The second kappa shape index (κ2) is 5.55. The van der Waals surface area contributed by atoms with Gasteiger partial charge >= 0.3 is 0 Å². The Morgan fingerprint density at radius 1 is 1.21 bits per heavy atom. The normalized spacial score (nSPS) is 31.7. The van der Waals surface area contributed by atoms with Gasteiger partial charge in [-0.1, -0.05) is 41.9 Å². The first kappa shape index (κ1) is 15.0. The summed E-state index contributed by atoms with van der Waals surface area (Å²) in [5, 5.41) is 3.54. The van der Waals surface area contributed by atoms with E-state index in [1.807, 2.05) is 0 Å². The largest absolute Gasteiger partial charge is 0.366 e. The van der Waals surface area contributed by atoms with Crippen molar-refractivity contribution in [3.63, 3.8) is 0 Å². The fraction of sp³-hybridized carbons (Fsp3) is 0.625. The number of hydrogen-bond acceptors (Lipinski definition) is 2. The standard InChI is InChI=1S/C16H24BrNO/c1-12(2)16(4)11-18-10-15(3,19-16)9-13-5-7-14(17)8-6-13/h5-8,12,18H,9-11H2,1-4H3. The Balaban J connectivity index is 2.11. The van der Waals surface area contributed by atoms with E-state index < -0.39 is 0 Å². The molecule has 2 unspecified atom stereocenters. The van der Waals surface area contributed by atoms with Crippen LogP contribution in [0.5, 0.6) is 0 Å². The zero-order chi connectivity index (χ0) is 14.1. The second-order valence-corrected chi connectivity index (χ2v) is 7.34. The Morgan fingerprint density at radius 2 is 1.84 bits per heavy atom. The van der Waals surface area contributed by atoms with E-state index in [-0.39, 0.29) is 11.2 Å². The molecule has 2 nitrogen and oxygen atoms in total. The first-order valence-corrected chi connectivity index (χ1v) is 7.78. The minimum Gasteiger partial charge on any atom is -0.366 e. The molecule has 1 aliphatic rings. The van der Waals surface area contributed by atoms with Crippen molar-refractivity contribution in [2.45, 2.75) is 45.3 Å². The summed E-state index contributed by atoms with van der Waals surface area (Å²) in [5.74, 6) is 0.504. The average molecular weight is 326 g/mol. The van der Waals surface area contributed by atoms with Crippen LogP contribution in [0.25, 0.3) is 0 Å². The summed E-state index contributed by atoms with van der Waals surface area (Å²) in [6.07, 6.45) is 0.940. The number of halogens is 1. The van der Waals surface area contributed by atoms with Crippen molar-refractivity contribution < 1.29 is 4.74 Å². The van der Waals surface area contributed by atoms with Gasteiger partial charge in [-0.2, -0.15) is 0 Å². The van der Waals surface area contributed by atoms with Crippen molar-refractivity contribution in [3.8, 4) is 0 Å². The van der Waals surface area contributed by atoms with Gasteiger partial charge in [-0.3, -0.25) is 0 Å². The highest BCUT2D eigenvalue weighted by Crippen LogP contribution is 2.32. The highest BCUT2D eigenvalue weighted by Gasteiger charge is 2.41. The van der Waals surface area contributed by atoms with Crippen LogP contribution in [0.4, 0.5) is 0 Å². The third-order valence-electron chi connectivity index (χ3n) is 4.17. The molecule has 0 aromatic heterocycles. The van der Waals surface area contributed by atoms with Crippen molar-refractivity contribution in [2.24, 2.45) is 5.92 Å². The predicted molar refractivity (Wildman–Crippen MR) is 83.4 cm³/mol. The molecule has 0 saturated carbocycles. The molecule has 19 heavy (non-hydrogen) atoms. The van der Waals surface area contributed by atoms with Crippen LogP contribution in [-0.4, -0.2) is 24.3 Å². The third kappa shape index (κ3) is 3.59. The Morgan fingerprint density at radius 3 is 2.42 bits per heavy atom. The molecule has 1 saturated heterocycles. The molecular weight excluding hydrogens is 302 g/mol. The Hall–Kier alpha value is -0.380. The third-order valence-corrected chi connectivity index (χ3v) is 4.70. The number of benzene rings is 1. The molecule has 1 heterocycles. The summed E-state index contributed by atoms with van der Waals surface area (Å²) in [6, 6.07) is 8.52. The number of rotatable bonds is 3. The minimum atomic E-state index is -0.134. The maximum atomic E-state index is 6.48. The van der Waals surface area contributed by atoms with Crippen LogP contribution in [0.15, 0.2) is 28.7 Å². The molecule has 2 rings (SSSR count). The van der Waals surface area contributed by atoms with E-state index in [1.165, 1.54) is 5.56 Å². The van der Waals surface area contributed by atoms with E-state index in [1.54, 1.807) is 0 Å². The van der Waals surface area contributed by atoms with E-state index >= 15 is 0 Å². The van der Waals surface area contributed by atoms with Crippen LogP contribution in [0.3, 0.4) is 0 Å². The lowest BCUT2D eigenvalue weighted by Gasteiger charge is -2.48. The van der Waals surface area contributed by atoms with Gasteiger partial charge in [0.05, 0.1) is 11.2 Å². The van der Waals surface area contributed by atoms with E-state index in [4.69, 9.17) is 4.74 Å². The Labute approximate surface area is 125 Å². The molecule has 0 radical (unpaired) electrons. The van der Waals surface area contributed by atoms with Gasteiger partial charge in [0.1, 0.15) is 0 Å². The first-order valence-electron chi connectivity index (χ1n) is 6.98. The fourth-order valence-corrected chi connectivity index (χ4v) is 2.93. The maximum absolute atomic E-state index is 6.48. The van der Waals surface area contributed by atoms with Gasteiger partial charge in [0.15, 0.2) is 0 Å². The van der Waals surface area contributed by atoms with Crippen molar-refractivity contribution in [1.82, 2.24) is 5.32 Å². The van der Waals surface area contributed by atoms with Gasteiger partial charge in [0.2, 0.25) is 0 Å². The fourth-order valence-electron chi connectivity index (χ4n) is 2.66. The number of hydrogen-bond donors (Lipinski definition) is 1. The summed E-state index contributed by atoms with van der Waals surface area (Å²) < 4.78 is 7.60. The monoisotopic (exact) mass is 325 g/mol. The minimum absolute atomic E-state index is 0.0810. The molecule has 2 atom stereocenters. The summed E-state index contributed by atoms with van der Waals surface area (Å²) >= 11 is 3.48. The molecule has 3 heteroatoms. The lowest BCUT2D eigenvalue weighted by Crippen LogP contribution is -2.60. The van der Waals surface area contributed by atoms with Crippen LogP contribution < -0.4 is 5.32 Å². The molecule has 1 fully saturated rings. The van der Waals surface area contributed by atoms with E-state index in [0.717, 1.165) is 24.0 Å². The van der Waals surface area contributed by atoms with Crippen molar-refractivity contribution >= 4 is 15.9 Å². The van der Waals surface area contributed by atoms with Gasteiger partial charge in [-0.05, 0) is 37.5 Å². The van der Waals surface area contributed by atoms with Crippen molar-refractivity contribution in [2.75, 3.05) is 13.1 Å². The zero-order valence-electron chi connectivity index (χ0n) is 12.3. The lowest BCUT2D eigenvalue weighted by atomic mass is 9.86. The summed E-state index contributed by atoms with van der Waals surface area (Å²) in [5.41, 5.74) is 1.11. The van der Waals surface area contributed by atoms with E-state index in [2.05, 4.69) is 73.2 Å². The molecule has 0 spiro atoms. The predicted octanol–water partition coefficient (Wildman–Crippen LogP) is 3.78. The van der Waals surface area contributed by atoms with Crippen LogP contribution in [0.1, 0.15) is 33.3 Å². The molecule has 106 valence electrons. The zero-order valence-corrected chi connectivity index (χ0v) is 13.9. The SMILES string of the molecule is CC(C)C1(C)CNCC(C)(Cc2ccc(Br)cc2)O1. The second-order valence-electron chi connectivity index (χ2n) is 6.43. The van der Waals surface area contributed by atoms with Crippen LogP contribution in [-0.2, 0) is 11.2 Å². The van der Waals surface area contributed by atoms with Crippen molar-refractivity contribution in [1.29, 1.82) is 0 Å². The van der Waals surface area contributed by atoms with Gasteiger partial charge in [-0.25, -0.2) is 0 Å². The Kier molecular flexibility index (Phi) is 4.38. The summed E-state index contributed by atoms with van der Waals surface area (Å²) in [6.45, 7) is 10.7. The smallest absolute Gasteiger partial charge is 0.0826 e. The number of ether oxygens (including phenoxy) is 1. The quantitative estimate of drug-likeness (QED) is 0.913. The molecule has 1 aromatic rings. The summed E-state index contributed by atoms with van der Waals surface area (Å²) in [4.78, 5) is 0. The Bertz CT molecular complexity index is 431. The highest BCUT2D eigenvalue weighted by molar-refractivity contribution is 9.10. The highest BCUT2D eigenvalue weighted by atomic mass is 79.9. The average Bonchev–Trinajstić information content (AvgIpc) is 2.31. The molecule has 1 N–H and O–H groups in total. The van der Waals surface area contributed by atoms with Crippen LogP contribution in [0, 0.1) is 5.92 Å². The number of morpholine rings is 1. The lowest BCUT2D eigenvalue weighted by molar-refractivity contribution is -0.180. The van der Waals surface area contributed by atoms with Gasteiger partial charge in [0.25, 0.3) is 0 Å². The van der Waals surface area contributed by atoms with Crippen molar-refractivity contribution in [3.05, 3.63) is 34.3 Å². The van der Waals surface area contributed by atoms with Gasteiger partial charge in [0, 0.05) is 24.0 Å². The van der Waals surface area contributed by atoms with E-state index in [9.17, 15) is 0 Å². The molecule has 0 amide bonds. The molecule has 1 aromatic carbocycles. The van der Waals surface area contributed by atoms with E-state index in [0.29, 0.717) is 5.92 Å². The molecule has 0 aliphatic carbocycles. The first-order chi connectivity index (χ1) is 8.83. The summed E-state index contributed by atoms with van der Waals surface area (Å²) in [7, 11) is 0. The van der Waals surface area contributed by atoms with Crippen LogP contribution in [0.2, 0.25) is 0 Å². The van der Waals surface area contributed by atoms with Gasteiger partial charge in [-0.15, -0.1) is 0 Å². The van der Waals surface area contributed by atoms with Gasteiger partial charge < -0.3 is 10.1 Å². The maximum Gasteiger partial charge on any atom is 0.0826 e.